The van der Waals surface area contributed by atoms with E-state index in [0.717, 1.165) is 44.7 Å². The minimum atomic E-state index is -0.190. The number of benzene rings is 1. The third-order valence-electron chi connectivity index (χ3n) is 4.69. The van der Waals surface area contributed by atoms with Crippen LogP contribution in [0.15, 0.2) is 30.3 Å². The van der Waals surface area contributed by atoms with Crippen molar-refractivity contribution in [1.29, 1.82) is 0 Å². The highest BCUT2D eigenvalue weighted by atomic mass is 16.6. The summed E-state index contributed by atoms with van der Waals surface area (Å²) in [6, 6.07) is 10.3. The molecule has 120 valence electrons. The zero-order valence-electron chi connectivity index (χ0n) is 13.0. The van der Waals surface area contributed by atoms with E-state index in [2.05, 4.69) is 4.90 Å². The number of rotatable bonds is 4. The zero-order chi connectivity index (χ0) is 15.4. The first-order valence-corrected chi connectivity index (χ1v) is 8.16. The molecule has 1 unspecified atom stereocenters. The van der Waals surface area contributed by atoms with Crippen molar-refractivity contribution in [2.45, 2.75) is 25.5 Å². The minimum Gasteiger partial charge on any atom is -0.445 e. The summed E-state index contributed by atoms with van der Waals surface area (Å²) >= 11 is 0. The molecule has 1 aromatic carbocycles. The van der Waals surface area contributed by atoms with Gasteiger partial charge in [-0.15, -0.1) is 0 Å². The van der Waals surface area contributed by atoms with Gasteiger partial charge in [-0.2, -0.15) is 0 Å². The lowest BCUT2D eigenvalue weighted by Gasteiger charge is -2.47. The van der Waals surface area contributed by atoms with Gasteiger partial charge in [0.05, 0.1) is 0 Å². The topological polar surface area (TPSA) is 58.8 Å². The fourth-order valence-corrected chi connectivity index (χ4v) is 3.29. The molecular formula is C17H25N3O2. The van der Waals surface area contributed by atoms with E-state index in [9.17, 15) is 4.79 Å². The van der Waals surface area contributed by atoms with Crippen LogP contribution in [0.3, 0.4) is 0 Å². The van der Waals surface area contributed by atoms with Crippen molar-refractivity contribution in [3.8, 4) is 0 Å². The van der Waals surface area contributed by atoms with Gasteiger partial charge in [0, 0.05) is 32.2 Å². The summed E-state index contributed by atoms with van der Waals surface area (Å²) in [6.45, 7) is 4.86. The van der Waals surface area contributed by atoms with Crippen LogP contribution in [0.5, 0.6) is 0 Å². The Kier molecular flexibility index (Phi) is 4.95. The SMILES string of the molecule is NCC1CN(C2CCCN(C(=O)OCc3ccccc3)C2)C1. The second-order valence-electron chi connectivity index (χ2n) is 6.34. The molecule has 5 nitrogen and oxygen atoms in total. The molecule has 2 heterocycles. The number of likely N-dealkylation sites (tertiary alicyclic amines) is 2. The van der Waals surface area contributed by atoms with Gasteiger partial charge in [0.25, 0.3) is 0 Å². The van der Waals surface area contributed by atoms with E-state index in [1.54, 1.807) is 0 Å². The van der Waals surface area contributed by atoms with Crippen LogP contribution < -0.4 is 5.73 Å². The van der Waals surface area contributed by atoms with Crippen molar-refractivity contribution >= 4 is 6.09 Å². The lowest BCUT2D eigenvalue weighted by Crippen LogP contribution is -2.59. The number of carbonyl (C=O) groups is 1. The van der Waals surface area contributed by atoms with E-state index in [1.165, 1.54) is 6.42 Å². The van der Waals surface area contributed by atoms with E-state index >= 15 is 0 Å². The molecule has 0 aliphatic carbocycles. The number of ether oxygens (including phenoxy) is 1. The molecule has 22 heavy (non-hydrogen) atoms. The van der Waals surface area contributed by atoms with Gasteiger partial charge in [-0.1, -0.05) is 30.3 Å². The zero-order valence-corrected chi connectivity index (χ0v) is 13.0. The van der Waals surface area contributed by atoms with E-state index in [1.807, 2.05) is 35.2 Å². The Bertz CT molecular complexity index is 488. The van der Waals surface area contributed by atoms with Gasteiger partial charge in [-0.3, -0.25) is 4.90 Å². The summed E-state index contributed by atoms with van der Waals surface area (Å²) in [6.07, 6.45) is 2.03. The van der Waals surface area contributed by atoms with Crippen molar-refractivity contribution in [1.82, 2.24) is 9.80 Å². The Labute approximate surface area is 132 Å². The fraction of sp³-hybridized carbons (Fsp3) is 0.588. The highest BCUT2D eigenvalue weighted by molar-refractivity contribution is 5.67. The maximum absolute atomic E-state index is 12.2. The summed E-state index contributed by atoms with van der Waals surface area (Å²) in [5, 5.41) is 0. The predicted octanol–water partition coefficient (Wildman–Crippen LogP) is 1.68. The Morgan fingerprint density at radius 3 is 2.73 bits per heavy atom. The molecule has 1 atom stereocenters. The molecule has 0 aromatic heterocycles. The molecule has 5 heteroatoms. The van der Waals surface area contributed by atoms with Crippen LogP contribution >= 0.6 is 0 Å². The van der Waals surface area contributed by atoms with Crippen LogP contribution in [0.1, 0.15) is 18.4 Å². The Hall–Kier alpha value is -1.59. The smallest absolute Gasteiger partial charge is 0.410 e. The van der Waals surface area contributed by atoms with Gasteiger partial charge < -0.3 is 15.4 Å². The molecule has 0 saturated carbocycles. The third-order valence-corrected chi connectivity index (χ3v) is 4.69. The molecule has 1 aromatic rings. The highest BCUT2D eigenvalue weighted by Crippen LogP contribution is 2.24. The average Bonchev–Trinajstić information content (AvgIpc) is 2.53. The highest BCUT2D eigenvalue weighted by Gasteiger charge is 2.35. The van der Waals surface area contributed by atoms with Gasteiger partial charge >= 0.3 is 6.09 Å². The first kappa shape index (κ1) is 15.3. The monoisotopic (exact) mass is 303 g/mol. The second kappa shape index (κ2) is 7.11. The molecule has 2 fully saturated rings. The molecule has 2 N–H and O–H groups in total. The number of amides is 1. The van der Waals surface area contributed by atoms with Crippen molar-refractivity contribution in [3.05, 3.63) is 35.9 Å². The largest absolute Gasteiger partial charge is 0.445 e. The quantitative estimate of drug-likeness (QED) is 0.919. The molecule has 0 spiro atoms. The summed E-state index contributed by atoms with van der Waals surface area (Å²) in [5.74, 6) is 0.639. The van der Waals surface area contributed by atoms with Gasteiger partial charge in [0.2, 0.25) is 0 Å². The maximum Gasteiger partial charge on any atom is 0.410 e. The number of nitrogens with zero attached hydrogens (tertiary/aromatic N) is 2. The molecule has 2 aliphatic heterocycles. The lowest BCUT2D eigenvalue weighted by molar-refractivity contribution is 0.0121. The first-order valence-electron chi connectivity index (χ1n) is 8.16. The number of carbonyl (C=O) groups excluding carboxylic acids is 1. The lowest BCUT2D eigenvalue weighted by atomic mass is 9.94. The number of hydrogen-bond acceptors (Lipinski definition) is 4. The molecule has 2 aliphatic rings. The van der Waals surface area contributed by atoms with Crippen LogP contribution in [0.25, 0.3) is 0 Å². The molecule has 1 amide bonds. The molecule has 0 bridgehead atoms. The summed E-state index contributed by atoms with van der Waals surface area (Å²) in [7, 11) is 0. The number of nitrogens with two attached hydrogens (primary N) is 1. The summed E-state index contributed by atoms with van der Waals surface area (Å²) in [4.78, 5) is 16.5. The number of hydrogen-bond donors (Lipinski definition) is 1. The van der Waals surface area contributed by atoms with Crippen LogP contribution in [0, 0.1) is 5.92 Å². The maximum atomic E-state index is 12.2. The van der Waals surface area contributed by atoms with Crippen LogP contribution in [-0.4, -0.2) is 54.7 Å². The molecule has 3 rings (SSSR count). The Balaban J connectivity index is 1.46. The van der Waals surface area contributed by atoms with Crippen LogP contribution in [0.2, 0.25) is 0 Å². The van der Waals surface area contributed by atoms with Crippen LogP contribution in [0.4, 0.5) is 4.79 Å². The fourth-order valence-electron chi connectivity index (χ4n) is 3.29. The predicted molar refractivity (Wildman–Crippen MR) is 85.3 cm³/mol. The Morgan fingerprint density at radius 1 is 1.23 bits per heavy atom. The van der Waals surface area contributed by atoms with Gasteiger partial charge in [-0.25, -0.2) is 4.79 Å². The standard InChI is InChI=1S/C17H25N3O2/c18-9-15-10-20(11-15)16-7-4-8-19(12-16)17(21)22-13-14-5-2-1-3-6-14/h1-3,5-6,15-16H,4,7-13,18H2. The van der Waals surface area contributed by atoms with E-state index < -0.39 is 0 Å². The van der Waals surface area contributed by atoms with Crippen molar-refractivity contribution in [3.63, 3.8) is 0 Å². The van der Waals surface area contributed by atoms with Crippen LogP contribution in [-0.2, 0) is 11.3 Å². The third kappa shape index (κ3) is 3.59. The van der Waals surface area contributed by atoms with Gasteiger partial charge in [0.15, 0.2) is 0 Å². The van der Waals surface area contributed by atoms with E-state index in [4.69, 9.17) is 10.5 Å². The van der Waals surface area contributed by atoms with Crippen molar-refractivity contribution in [2.75, 3.05) is 32.7 Å². The second-order valence-corrected chi connectivity index (χ2v) is 6.34. The van der Waals surface area contributed by atoms with E-state index in [0.29, 0.717) is 18.6 Å². The number of piperidine rings is 1. The molecule has 2 saturated heterocycles. The normalized spacial score (nSPS) is 23.1. The van der Waals surface area contributed by atoms with E-state index in [-0.39, 0.29) is 6.09 Å². The summed E-state index contributed by atoms with van der Waals surface area (Å²) < 4.78 is 5.44. The van der Waals surface area contributed by atoms with Crippen molar-refractivity contribution < 1.29 is 9.53 Å². The van der Waals surface area contributed by atoms with Crippen molar-refractivity contribution in [2.24, 2.45) is 11.7 Å². The van der Waals surface area contributed by atoms with Gasteiger partial charge in [0.1, 0.15) is 6.61 Å². The minimum absolute atomic E-state index is 0.190. The molecular weight excluding hydrogens is 278 g/mol. The Morgan fingerprint density at radius 2 is 2.00 bits per heavy atom. The average molecular weight is 303 g/mol. The summed E-state index contributed by atoms with van der Waals surface area (Å²) in [5.41, 5.74) is 6.71. The first-order chi connectivity index (χ1) is 10.8. The van der Waals surface area contributed by atoms with Gasteiger partial charge in [-0.05, 0) is 30.9 Å². The molecule has 0 radical (unpaired) electrons.